The van der Waals surface area contributed by atoms with Gasteiger partial charge in [0.05, 0.1) is 0 Å². The summed E-state index contributed by atoms with van der Waals surface area (Å²) < 4.78 is 12.9. The molecule has 2 aliphatic carbocycles. The monoisotopic (exact) mass is 742 g/mol. The van der Waals surface area contributed by atoms with Gasteiger partial charge >= 0.3 is 0 Å². The lowest BCUT2D eigenvalue weighted by Gasteiger charge is -2.24. The molecule has 0 aliphatic heterocycles. The molecule has 0 spiro atoms. The van der Waals surface area contributed by atoms with E-state index in [1.54, 1.807) is 0 Å². The van der Waals surface area contributed by atoms with Gasteiger partial charge in [0.25, 0.3) is 0 Å². The number of furan rings is 2. The molecule has 0 amide bonds. The summed E-state index contributed by atoms with van der Waals surface area (Å²) in [5, 5.41) is 9.48. The minimum absolute atomic E-state index is 0.222. The molecule has 1 unspecified atom stereocenters. The van der Waals surface area contributed by atoms with Crippen LogP contribution in [0.15, 0.2) is 197 Å². The number of fused-ring (bicyclic) bond motifs is 9. The van der Waals surface area contributed by atoms with E-state index in [0.29, 0.717) is 0 Å². The van der Waals surface area contributed by atoms with Crippen LogP contribution in [-0.2, 0) is 0 Å². The van der Waals surface area contributed by atoms with Gasteiger partial charge < -0.3 is 8.83 Å². The first kappa shape index (κ1) is 33.0. The quantitative estimate of drug-likeness (QED) is 0.164. The van der Waals surface area contributed by atoms with Gasteiger partial charge in [0.1, 0.15) is 11.2 Å². The van der Waals surface area contributed by atoms with Crippen molar-refractivity contribution in [2.24, 2.45) is 0 Å². The molecule has 2 heterocycles. The second kappa shape index (κ2) is 13.2. The van der Waals surface area contributed by atoms with Crippen LogP contribution in [0.5, 0.6) is 0 Å². The van der Waals surface area contributed by atoms with Crippen molar-refractivity contribution in [3.8, 4) is 22.3 Å². The standard InChI is InChI=1S/C56H38O2/c1-3-13-35(14-4-1)37-17-11-19-41(31-37)53-44-22-7-8-23-45(44)54(42-20-12-18-38(32-42)36-15-5-2-6-16-36)50-34-39(25-27-46(50)53)40-26-30-52-49(33-40)48-29-28-47-43-21-9-10-24-51(43)57-55(47)56(48)58-52/h1,3-5,7-18,20-34,41H,2,6,19H2. The van der Waals surface area contributed by atoms with Crippen molar-refractivity contribution in [2.75, 3.05) is 0 Å². The van der Waals surface area contributed by atoms with E-state index in [-0.39, 0.29) is 5.92 Å². The maximum absolute atomic E-state index is 6.55. The fraction of sp³-hybridized carbons (Fsp3) is 0.0714. The Morgan fingerprint density at radius 3 is 1.86 bits per heavy atom. The van der Waals surface area contributed by atoms with E-state index in [1.165, 1.54) is 66.1 Å². The first-order chi connectivity index (χ1) is 28.7. The van der Waals surface area contributed by atoms with Crippen LogP contribution in [0.1, 0.15) is 41.9 Å². The summed E-state index contributed by atoms with van der Waals surface area (Å²) in [7, 11) is 0. The lowest BCUT2D eigenvalue weighted by molar-refractivity contribution is 0.633. The van der Waals surface area contributed by atoms with Crippen LogP contribution in [0, 0.1) is 0 Å². The third-order valence-corrected chi connectivity index (χ3v) is 12.4. The second-order valence-corrected chi connectivity index (χ2v) is 15.8. The van der Waals surface area contributed by atoms with E-state index in [2.05, 4.69) is 176 Å². The molecule has 274 valence electrons. The molecule has 2 aromatic heterocycles. The van der Waals surface area contributed by atoms with Crippen LogP contribution in [0.3, 0.4) is 0 Å². The molecule has 2 heteroatoms. The van der Waals surface area contributed by atoms with E-state index in [9.17, 15) is 0 Å². The van der Waals surface area contributed by atoms with Crippen molar-refractivity contribution in [3.63, 3.8) is 0 Å². The Morgan fingerprint density at radius 1 is 0.397 bits per heavy atom. The van der Waals surface area contributed by atoms with Gasteiger partial charge in [-0.3, -0.25) is 0 Å². The lowest BCUT2D eigenvalue weighted by Crippen LogP contribution is -2.03. The largest absolute Gasteiger partial charge is 0.452 e. The van der Waals surface area contributed by atoms with Crippen LogP contribution >= 0.6 is 0 Å². The van der Waals surface area contributed by atoms with Crippen LogP contribution in [0.25, 0.3) is 98.8 Å². The van der Waals surface area contributed by atoms with Gasteiger partial charge in [-0.15, -0.1) is 0 Å². The summed E-state index contributed by atoms with van der Waals surface area (Å²) >= 11 is 0. The third kappa shape index (κ3) is 5.26. The summed E-state index contributed by atoms with van der Waals surface area (Å²) in [6.07, 6.45) is 17.2. The molecule has 0 saturated carbocycles. The zero-order valence-corrected chi connectivity index (χ0v) is 31.9. The molecule has 0 radical (unpaired) electrons. The Bertz CT molecular complexity index is 3420. The number of hydrogen-bond donors (Lipinski definition) is 0. The highest BCUT2D eigenvalue weighted by Gasteiger charge is 2.23. The van der Waals surface area contributed by atoms with E-state index in [4.69, 9.17) is 8.83 Å². The van der Waals surface area contributed by atoms with E-state index in [0.717, 1.165) is 68.7 Å². The Kier molecular flexibility index (Phi) is 7.53. The second-order valence-electron chi connectivity index (χ2n) is 15.8. The Balaban J connectivity index is 1.09. The highest BCUT2D eigenvalue weighted by Crippen LogP contribution is 2.47. The summed E-state index contributed by atoms with van der Waals surface area (Å²) in [5.41, 5.74) is 14.6. The van der Waals surface area contributed by atoms with E-state index in [1.807, 2.05) is 12.1 Å². The van der Waals surface area contributed by atoms with Gasteiger partial charge in [0, 0.05) is 27.5 Å². The highest BCUT2D eigenvalue weighted by molar-refractivity contribution is 6.20. The molecule has 1 atom stereocenters. The lowest BCUT2D eigenvalue weighted by atomic mass is 9.79. The number of hydrogen-bond acceptors (Lipinski definition) is 2. The maximum atomic E-state index is 6.55. The SMILES string of the molecule is C1=CC(c2cccc(-c3c4ccccc4c(C4C=C(c5ccccc5)C=CC4)c4ccc(-c5ccc6oc7c(ccc8c9ccccc9oc87)c6c5)cc34)c2)=CCC1. The topological polar surface area (TPSA) is 26.3 Å². The molecule has 8 aromatic carbocycles. The summed E-state index contributed by atoms with van der Waals surface area (Å²) in [6.45, 7) is 0. The zero-order chi connectivity index (χ0) is 38.2. The molecule has 12 rings (SSSR count). The Hall–Kier alpha value is -7.16. The van der Waals surface area contributed by atoms with Crippen LogP contribution < -0.4 is 0 Å². The Labute approximate surface area is 336 Å². The van der Waals surface area contributed by atoms with Gasteiger partial charge in [-0.2, -0.15) is 0 Å². The zero-order valence-electron chi connectivity index (χ0n) is 31.9. The van der Waals surface area contributed by atoms with Crippen LogP contribution in [0.2, 0.25) is 0 Å². The van der Waals surface area contributed by atoms with E-state index < -0.39 is 0 Å². The first-order valence-electron chi connectivity index (χ1n) is 20.4. The molecular formula is C56H38O2. The number of para-hydroxylation sites is 1. The van der Waals surface area contributed by atoms with E-state index >= 15 is 0 Å². The molecule has 2 nitrogen and oxygen atoms in total. The number of allylic oxidation sites excluding steroid dienone is 8. The predicted octanol–water partition coefficient (Wildman–Crippen LogP) is 16.0. The smallest absolute Gasteiger partial charge is 0.178 e. The Morgan fingerprint density at radius 2 is 1.03 bits per heavy atom. The van der Waals surface area contributed by atoms with Gasteiger partial charge in [0.2, 0.25) is 0 Å². The average Bonchev–Trinajstić information content (AvgIpc) is 3.87. The van der Waals surface area contributed by atoms with Crippen molar-refractivity contribution >= 4 is 76.6 Å². The molecule has 2 aliphatic rings. The van der Waals surface area contributed by atoms with Gasteiger partial charge in [-0.25, -0.2) is 0 Å². The normalized spacial score (nSPS) is 15.6. The number of rotatable bonds is 5. The fourth-order valence-electron chi connectivity index (χ4n) is 9.69. The fourth-order valence-corrected chi connectivity index (χ4v) is 9.69. The molecule has 0 saturated heterocycles. The molecule has 0 bridgehead atoms. The molecule has 0 fully saturated rings. The van der Waals surface area contributed by atoms with Crippen LogP contribution in [-0.4, -0.2) is 0 Å². The van der Waals surface area contributed by atoms with Gasteiger partial charge in [-0.05, 0) is 133 Å². The maximum Gasteiger partial charge on any atom is 0.178 e. The third-order valence-electron chi connectivity index (χ3n) is 12.4. The minimum atomic E-state index is 0.222. The average molecular weight is 743 g/mol. The molecule has 10 aromatic rings. The first-order valence-corrected chi connectivity index (χ1v) is 20.4. The predicted molar refractivity (Wildman–Crippen MR) is 244 cm³/mol. The van der Waals surface area contributed by atoms with Gasteiger partial charge in [-0.1, -0.05) is 146 Å². The van der Waals surface area contributed by atoms with Crippen LogP contribution in [0.4, 0.5) is 0 Å². The molecule has 0 N–H and O–H groups in total. The summed E-state index contributed by atoms with van der Waals surface area (Å²) in [6, 6.07) is 55.3. The van der Waals surface area contributed by atoms with Crippen molar-refractivity contribution in [3.05, 3.63) is 205 Å². The number of benzene rings is 8. The molecule has 58 heavy (non-hydrogen) atoms. The van der Waals surface area contributed by atoms with Crippen molar-refractivity contribution < 1.29 is 8.83 Å². The van der Waals surface area contributed by atoms with Crippen molar-refractivity contribution in [1.29, 1.82) is 0 Å². The summed E-state index contributed by atoms with van der Waals surface area (Å²) in [4.78, 5) is 0. The van der Waals surface area contributed by atoms with Crippen molar-refractivity contribution in [1.82, 2.24) is 0 Å². The summed E-state index contributed by atoms with van der Waals surface area (Å²) in [5.74, 6) is 0.222. The highest BCUT2D eigenvalue weighted by atomic mass is 16.4. The minimum Gasteiger partial charge on any atom is -0.452 e. The molecular weight excluding hydrogens is 705 g/mol. The van der Waals surface area contributed by atoms with Gasteiger partial charge in [0.15, 0.2) is 11.2 Å². The van der Waals surface area contributed by atoms with Crippen molar-refractivity contribution in [2.45, 2.75) is 25.2 Å².